The number of hydrogen-bond acceptors (Lipinski definition) is 7. The van der Waals surface area contributed by atoms with Gasteiger partial charge >= 0.3 is 0 Å². The molecule has 148 valence electrons. The third-order valence-corrected chi connectivity index (χ3v) is 5.85. The molecule has 1 spiro atoms. The Bertz CT molecular complexity index is 844. The molecule has 2 N–H and O–H groups in total. The van der Waals surface area contributed by atoms with E-state index in [0.717, 1.165) is 31.5 Å². The number of anilines is 1. The molecule has 2 fully saturated rings. The van der Waals surface area contributed by atoms with Crippen LogP contribution >= 0.6 is 0 Å². The van der Waals surface area contributed by atoms with Gasteiger partial charge < -0.3 is 15.5 Å². The van der Waals surface area contributed by atoms with Crippen molar-refractivity contribution in [3.05, 3.63) is 30.1 Å². The molecule has 0 saturated carbocycles. The van der Waals surface area contributed by atoms with Gasteiger partial charge in [-0.05, 0) is 47.2 Å². The lowest BCUT2D eigenvalue weighted by atomic mass is 9.72. The van der Waals surface area contributed by atoms with E-state index in [1.807, 2.05) is 28.0 Å². The van der Waals surface area contributed by atoms with Crippen LogP contribution in [0.15, 0.2) is 24.4 Å². The molecule has 4 heterocycles. The molecule has 2 aliphatic rings. The number of nitrogen functional groups attached to an aromatic ring is 1. The minimum Gasteiger partial charge on any atom is -0.367 e. The summed E-state index contributed by atoms with van der Waals surface area (Å²) in [5, 5.41) is 10.8. The first kappa shape index (κ1) is 18.3. The number of tetrazole rings is 1. The van der Waals surface area contributed by atoms with E-state index in [4.69, 9.17) is 5.73 Å². The normalized spacial score (nSPS) is 19.2. The molecule has 0 radical (unpaired) electrons. The van der Waals surface area contributed by atoms with Crippen LogP contribution in [0.2, 0.25) is 0 Å². The fourth-order valence-electron chi connectivity index (χ4n) is 4.12. The fourth-order valence-corrected chi connectivity index (χ4v) is 4.12. The minimum absolute atomic E-state index is 0.0360. The Morgan fingerprint density at radius 2 is 2.04 bits per heavy atom. The average Bonchev–Trinajstić information content (AvgIpc) is 3.11. The molecule has 0 bridgehead atoms. The first-order chi connectivity index (χ1) is 13.5. The van der Waals surface area contributed by atoms with Crippen LogP contribution in [0.3, 0.4) is 0 Å². The van der Waals surface area contributed by atoms with Gasteiger partial charge in [0.25, 0.3) is 0 Å². The van der Waals surface area contributed by atoms with Gasteiger partial charge in [-0.2, -0.15) is 0 Å². The van der Waals surface area contributed by atoms with Crippen molar-refractivity contribution in [2.45, 2.75) is 38.8 Å². The lowest BCUT2D eigenvalue weighted by Gasteiger charge is -2.47. The number of carbonyl (C=O) groups excluding carboxylic acids is 2. The number of carbonyl (C=O) groups is 2. The summed E-state index contributed by atoms with van der Waals surface area (Å²) >= 11 is 0. The van der Waals surface area contributed by atoms with Gasteiger partial charge in [-0.25, -0.2) is 4.68 Å². The van der Waals surface area contributed by atoms with Crippen molar-refractivity contribution in [2.75, 3.05) is 25.4 Å². The van der Waals surface area contributed by atoms with Gasteiger partial charge in [0.05, 0.1) is 12.2 Å². The maximum absolute atomic E-state index is 12.5. The molecule has 2 aromatic rings. The lowest BCUT2D eigenvalue weighted by Crippen LogP contribution is -2.52. The molecule has 0 aromatic carbocycles. The highest BCUT2D eigenvalue weighted by molar-refractivity contribution is 5.77. The Balaban J connectivity index is 1.35. The zero-order valence-corrected chi connectivity index (χ0v) is 15.7. The van der Waals surface area contributed by atoms with Crippen LogP contribution in [0.5, 0.6) is 0 Å². The summed E-state index contributed by atoms with van der Waals surface area (Å²) < 4.78 is 1.31. The molecule has 2 aliphatic heterocycles. The molecule has 0 aliphatic carbocycles. The highest BCUT2D eigenvalue weighted by Gasteiger charge is 2.41. The number of pyridine rings is 1. The summed E-state index contributed by atoms with van der Waals surface area (Å²) in [6, 6.07) is 5.76. The second-order valence-electron chi connectivity index (χ2n) is 7.65. The van der Waals surface area contributed by atoms with E-state index < -0.39 is 0 Å². The van der Waals surface area contributed by atoms with Crippen molar-refractivity contribution in [1.82, 2.24) is 35.0 Å². The molecular weight excluding hydrogens is 360 g/mol. The Labute approximate surface area is 162 Å². The number of aromatic nitrogens is 5. The van der Waals surface area contributed by atoms with Gasteiger partial charge in [0, 0.05) is 32.3 Å². The lowest BCUT2D eigenvalue weighted by molar-refractivity contribution is -0.143. The van der Waals surface area contributed by atoms with E-state index in [0.29, 0.717) is 26.1 Å². The van der Waals surface area contributed by atoms with Crippen LogP contribution in [-0.4, -0.2) is 66.4 Å². The van der Waals surface area contributed by atoms with Crippen molar-refractivity contribution in [2.24, 2.45) is 5.41 Å². The third-order valence-electron chi connectivity index (χ3n) is 5.85. The molecule has 2 amide bonds. The Hall–Kier alpha value is -3.04. The maximum Gasteiger partial charge on any atom is 0.244 e. The molecule has 2 saturated heterocycles. The van der Waals surface area contributed by atoms with Crippen LogP contribution < -0.4 is 5.73 Å². The van der Waals surface area contributed by atoms with Crippen LogP contribution in [0, 0.1) is 5.41 Å². The largest absolute Gasteiger partial charge is 0.367 e. The second-order valence-corrected chi connectivity index (χ2v) is 7.65. The molecule has 10 nitrogen and oxygen atoms in total. The molecule has 4 rings (SSSR count). The number of nitrogens with two attached hydrogens (primary N) is 1. The van der Waals surface area contributed by atoms with Gasteiger partial charge in [-0.15, -0.1) is 0 Å². The second kappa shape index (κ2) is 7.53. The minimum atomic E-state index is -0.0360. The quantitative estimate of drug-likeness (QED) is 0.792. The molecule has 0 unspecified atom stereocenters. The number of hydrogen-bond donors (Lipinski definition) is 1. The molecular formula is C18H24N8O2. The summed E-state index contributed by atoms with van der Waals surface area (Å²) in [6.07, 6.45) is 4.96. The highest BCUT2D eigenvalue weighted by atomic mass is 16.2. The zero-order chi connectivity index (χ0) is 19.6. The third kappa shape index (κ3) is 3.80. The van der Waals surface area contributed by atoms with E-state index >= 15 is 0 Å². The number of likely N-dealkylation sites (tertiary alicyclic amines) is 2. The first-order valence-electron chi connectivity index (χ1n) is 9.52. The molecule has 10 heteroatoms. The number of nitrogens with zero attached hydrogens (tertiary/aromatic N) is 7. The van der Waals surface area contributed by atoms with Crippen molar-refractivity contribution >= 4 is 17.8 Å². The SMILES string of the molecule is Nc1nnnn1CC(=O)N1CCC2(CCC(=O)N(Cc3ccccn3)C2)CC1. The van der Waals surface area contributed by atoms with Crippen molar-refractivity contribution in [1.29, 1.82) is 0 Å². The van der Waals surface area contributed by atoms with Gasteiger partial charge in [-0.1, -0.05) is 11.2 Å². The standard InChI is InChI=1S/C18H24N8O2/c19-17-21-22-23-26(17)12-16(28)24-9-6-18(7-10-24)5-4-15(27)25(13-18)11-14-3-1-2-8-20-14/h1-3,8H,4-7,9-13H2,(H2,19,21,23). The number of rotatable bonds is 4. The summed E-state index contributed by atoms with van der Waals surface area (Å²) in [5.74, 6) is 0.285. The molecule has 28 heavy (non-hydrogen) atoms. The fraction of sp³-hybridized carbons (Fsp3) is 0.556. The molecule has 0 atom stereocenters. The average molecular weight is 384 g/mol. The first-order valence-corrected chi connectivity index (χ1v) is 9.52. The summed E-state index contributed by atoms with van der Waals surface area (Å²) in [5.41, 5.74) is 6.61. The predicted octanol–water partition coefficient (Wildman–Crippen LogP) is 0.0817. The van der Waals surface area contributed by atoms with Crippen LogP contribution in [0.1, 0.15) is 31.4 Å². The van der Waals surface area contributed by atoms with Crippen molar-refractivity contribution < 1.29 is 9.59 Å². The van der Waals surface area contributed by atoms with Gasteiger partial charge in [0.1, 0.15) is 6.54 Å². The van der Waals surface area contributed by atoms with Crippen LogP contribution in [-0.2, 0) is 22.7 Å². The van der Waals surface area contributed by atoms with E-state index in [2.05, 4.69) is 20.5 Å². The van der Waals surface area contributed by atoms with E-state index in [-0.39, 0.29) is 29.7 Å². The number of amides is 2. The maximum atomic E-state index is 12.5. The Kier molecular flexibility index (Phi) is 4.93. The van der Waals surface area contributed by atoms with Crippen LogP contribution in [0.25, 0.3) is 0 Å². The monoisotopic (exact) mass is 384 g/mol. The van der Waals surface area contributed by atoms with E-state index in [9.17, 15) is 9.59 Å². The summed E-state index contributed by atoms with van der Waals surface area (Å²) in [7, 11) is 0. The summed E-state index contributed by atoms with van der Waals surface area (Å²) in [4.78, 5) is 33.0. The number of piperidine rings is 2. The Morgan fingerprint density at radius 3 is 2.71 bits per heavy atom. The highest BCUT2D eigenvalue weighted by Crippen LogP contribution is 2.40. The topological polar surface area (TPSA) is 123 Å². The van der Waals surface area contributed by atoms with E-state index in [1.54, 1.807) is 6.20 Å². The Morgan fingerprint density at radius 1 is 1.21 bits per heavy atom. The summed E-state index contributed by atoms with van der Waals surface area (Å²) in [6.45, 7) is 2.67. The van der Waals surface area contributed by atoms with Gasteiger partial charge in [0.15, 0.2) is 0 Å². The van der Waals surface area contributed by atoms with Crippen LogP contribution in [0.4, 0.5) is 5.95 Å². The van der Waals surface area contributed by atoms with Crippen molar-refractivity contribution in [3.63, 3.8) is 0 Å². The van der Waals surface area contributed by atoms with Gasteiger partial charge in [-0.3, -0.25) is 14.6 Å². The van der Waals surface area contributed by atoms with Crippen molar-refractivity contribution in [3.8, 4) is 0 Å². The smallest absolute Gasteiger partial charge is 0.244 e. The zero-order valence-electron chi connectivity index (χ0n) is 15.7. The van der Waals surface area contributed by atoms with E-state index in [1.165, 1.54) is 4.68 Å². The molecule has 2 aromatic heterocycles. The van der Waals surface area contributed by atoms with Gasteiger partial charge in [0.2, 0.25) is 17.8 Å². The predicted molar refractivity (Wildman–Crippen MR) is 99.4 cm³/mol.